The molecule has 0 saturated carbocycles. The Morgan fingerprint density at radius 1 is 0.479 bits per heavy atom. The minimum Gasteiger partial charge on any atom is -0.310 e. The van der Waals surface area contributed by atoms with Gasteiger partial charge in [-0.3, -0.25) is 0 Å². The van der Waals surface area contributed by atoms with Crippen LogP contribution in [0, 0.1) is 20.4 Å². The smallest absolute Gasteiger partial charge is 0.254 e. The lowest BCUT2D eigenvalue weighted by atomic mass is 9.33. The molecule has 4 heterocycles. The van der Waals surface area contributed by atoms with Gasteiger partial charge >= 0.3 is 0 Å². The molecule has 2 aliphatic rings. The zero-order valence-electron chi connectivity index (χ0n) is 46.3. The Morgan fingerprint density at radius 3 is 1.52 bits per heavy atom. The SMILES string of the molecule is [C-]#[N+]c1ccc2sc3c(c2c1)B1c2c(cc(N(c4ccc(C(C)(C)C)cc4)c4ccc(C(C)(C)C)cc4)cc2-n2c4ccc(C(C)(C)C)cc4c4cc(C(C)(C)C)cc1c42)N3c1c(C)cc(C(C)(C)C)cc1C. The molecule has 9 aromatic rings. The van der Waals surface area contributed by atoms with Crippen LogP contribution < -0.4 is 26.2 Å². The number of nitrogens with zero attached hydrogens (tertiary/aromatic N) is 4. The predicted octanol–water partition coefficient (Wildman–Crippen LogP) is 17.7. The highest BCUT2D eigenvalue weighted by Crippen LogP contribution is 2.51. The Labute approximate surface area is 439 Å². The summed E-state index contributed by atoms with van der Waals surface area (Å²) in [5.74, 6) is 0. The van der Waals surface area contributed by atoms with Gasteiger partial charge in [-0.15, -0.1) is 11.3 Å². The molecule has 0 spiro atoms. The number of aryl methyl sites for hydroxylation is 2. The van der Waals surface area contributed by atoms with Crippen LogP contribution in [0.1, 0.15) is 143 Å². The molecule has 0 unspecified atom stereocenters. The van der Waals surface area contributed by atoms with Crippen LogP contribution in [0.4, 0.5) is 39.1 Å². The molecule has 0 aliphatic carbocycles. The highest BCUT2D eigenvalue weighted by molar-refractivity contribution is 7.26. The van der Waals surface area contributed by atoms with Crippen LogP contribution in [-0.4, -0.2) is 11.3 Å². The molecule has 0 radical (unpaired) electrons. The van der Waals surface area contributed by atoms with Crippen molar-refractivity contribution in [3.8, 4) is 5.69 Å². The van der Waals surface area contributed by atoms with Gasteiger partial charge in [-0.2, -0.15) is 0 Å². The first-order chi connectivity index (χ1) is 34.1. The average Bonchev–Trinajstić information content (AvgIpc) is 3.85. The van der Waals surface area contributed by atoms with Crippen molar-refractivity contribution in [3.63, 3.8) is 0 Å². The standard InChI is InChI=1S/C67H71BN4S/c1-39-31-44(66(12,13)14)32-40(2)60(39)72-56-38-49(70(47-25-19-41(20-26-47)63(3,4)5)48-27-21-42(22-28-48)64(6,7)8)37-55-59(56)68(58-52-36-46(69-18)24-30-57(52)73-62(58)72)53-35-45(67(15,16)17)34-51-50-33-43(65(9,10)11)23-29-54(50)71(55)61(51)53/h19-38H,1-17H3. The fourth-order valence-corrected chi connectivity index (χ4v) is 13.0. The molecule has 0 bridgehead atoms. The molecular formula is C67H71BN4S. The molecule has 0 amide bonds. The third kappa shape index (κ3) is 7.83. The molecule has 368 valence electrons. The molecule has 2 aromatic heterocycles. The van der Waals surface area contributed by atoms with E-state index in [-0.39, 0.29) is 33.8 Å². The van der Waals surface area contributed by atoms with Crippen molar-refractivity contribution >= 4 is 105 Å². The van der Waals surface area contributed by atoms with Crippen LogP contribution in [-0.2, 0) is 27.1 Å². The molecule has 6 heteroatoms. The fraction of sp³-hybridized carbons (Fsp3) is 0.328. The fourth-order valence-electron chi connectivity index (χ4n) is 11.8. The lowest BCUT2D eigenvalue weighted by molar-refractivity contribution is 0.589. The van der Waals surface area contributed by atoms with Gasteiger partial charge in [0.05, 0.1) is 28.5 Å². The molecule has 2 aliphatic heterocycles. The summed E-state index contributed by atoms with van der Waals surface area (Å²) in [7, 11) is 0. The summed E-state index contributed by atoms with van der Waals surface area (Å²) in [6, 6.07) is 47.1. The Balaban J connectivity index is 1.34. The van der Waals surface area contributed by atoms with Gasteiger partial charge in [0.25, 0.3) is 6.71 Å². The normalized spacial score (nSPS) is 13.8. The third-order valence-corrected chi connectivity index (χ3v) is 17.1. The number of thiophene rings is 1. The van der Waals surface area contributed by atoms with Crippen LogP contribution in [0.3, 0.4) is 0 Å². The van der Waals surface area contributed by atoms with Crippen LogP contribution in [0.15, 0.2) is 121 Å². The first-order valence-corrected chi connectivity index (χ1v) is 27.1. The molecule has 0 saturated heterocycles. The molecule has 73 heavy (non-hydrogen) atoms. The van der Waals surface area contributed by atoms with E-state index in [4.69, 9.17) is 6.57 Å². The molecule has 11 rings (SSSR count). The van der Waals surface area contributed by atoms with Gasteiger partial charge in [-0.25, -0.2) is 4.85 Å². The van der Waals surface area contributed by atoms with Gasteiger partial charge in [0, 0.05) is 43.7 Å². The van der Waals surface area contributed by atoms with E-state index < -0.39 is 0 Å². The van der Waals surface area contributed by atoms with E-state index in [1.54, 1.807) is 0 Å². The first kappa shape index (κ1) is 48.7. The van der Waals surface area contributed by atoms with E-state index in [1.165, 1.54) is 109 Å². The van der Waals surface area contributed by atoms with Crippen molar-refractivity contribution in [2.75, 3.05) is 9.80 Å². The monoisotopic (exact) mass is 975 g/mol. The number of rotatable bonds is 4. The maximum Gasteiger partial charge on any atom is 0.254 e. The highest BCUT2D eigenvalue weighted by atomic mass is 32.1. The lowest BCUT2D eigenvalue weighted by Gasteiger charge is -2.41. The number of hydrogen-bond donors (Lipinski definition) is 0. The van der Waals surface area contributed by atoms with Crippen LogP contribution in [0.5, 0.6) is 0 Å². The van der Waals surface area contributed by atoms with Gasteiger partial charge in [0.1, 0.15) is 0 Å². The van der Waals surface area contributed by atoms with Gasteiger partial charge in [0.2, 0.25) is 0 Å². The summed E-state index contributed by atoms with van der Waals surface area (Å²) in [5.41, 5.74) is 22.9. The Morgan fingerprint density at radius 2 is 0.986 bits per heavy atom. The largest absolute Gasteiger partial charge is 0.310 e. The van der Waals surface area contributed by atoms with Crippen molar-refractivity contribution in [1.82, 2.24) is 4.57 Å². The van der Waals surface area contributed by atoms with Crippen molar-refractivity contribution in [2.45, 2.75) is 145 Å². The summed E-state index contributed by atoms with van der Waals surface area (Å²) in [5, 5.41) is 4.96. The average molecular weight is 975 g/mol. The van der Waals surface area contributed by atoms with Gasteiger partial charge < -0.3 is 14.4 Å². The number of aromatic nitrogens is 1. The number of benzene rings is 7. The van der Waals surface area contributed by atoms with Crippen LogP contribution in [0.25, 0.3) is 42.4 Å². The van der Waals surface area contributed by atoms with E-state index in [9.17, 15) is 0 Å². The zero-order chi connectivity index (χ0) is 52.2. The van der Waals surface area contributed by atoms with E-state index in [0.29, 0.717) is 5.69 Å². The molecular weight excluding hydrogens is 904 g/mol. The number of hydrogen-bond acceptors (Lipinski definition) is 3. The van der Waals surface area contributed by atoms with E-state index in [0.717, 1.165) is 17.1 Å². The second kappa shape index (κ2) is 16.2. The third-order valence-electron chi connectivity index (χ3n) is 16.0. The van der Waals surface area contributed by atoms with Crippen LogP contribution >= 0.6 is 11.3 Å². The second-order valence-corrected chi connectivity index (χ2v) is 27.5. The van der Waals surface area contributed by atoms with Crippen molar-refractivity contribution < 1.29 is 0 Å². The van der Waals surface area contributed by atoms with Gasteiger partial charge in [0.15, 0.2) is 5.69 Å². The zero-order valence-corrected chi connectivity index (χ0v) is 47.1. The Kier molecular flexibility index (Phi) is 10.8. The summed E-state index contributed by atoms with van der Waals surface area (Å²) >= 11 is 1.87. The van der Waals surface area contributed by atoms with E-state index >= 15 is 0 Å². The van der Waals surface area contributed by atoms with Crippen molar-refractivity contribution in [2.24, 2.45) is 0 Å². The highest BCUT2D eigenvalue weighted by Gasteiger charge is 2.46. The van der Waals surface area contributed by atoms with Gasteiger partial charge in [-0.1, -0.05) is 165 Å². The van der Waals surface area contributed by atoms with Gasteiger partial charge in [-0.05, 0) is 162 Å². The summed E-state index contributed by atoms with van der Waals surface area (Å²) in [6.07, 6.45) is 0. The molecule has 7 aromatic carbocycles. The van der Waals surface area contributed by atoms with E-state index in [1.807, 2.05) is 17.4 Å². The number of fused-ring (bicyclic) bond motifs is 9. The maximum absolute atomic E-state index is 8.28. The van der Waals surface area contributed by atoms with Crippen molar-refractivity contribution in [3.05, 3.63) is 172 Å². The second-order valence-electron chi connectivity index (χ2n) is 26.4. The van der Waals surface area contributed by atoms with E-state index in [2.05, 4.69) is 252 Å². The lowest BCUT2D eigenvalue weighted by Crippen LogP contribution is -2.60. The number of anilines is 6. The molecule has 0 N–H and O–H groups in total. The van der Waals surface area contributed by atoms with Crippen LogP contribution in [0.2, 0.25) is 0 Å². The Bertz CT molecular complexity index is 3700. The summed E-state index contributed by atoms with van der Waals surface area (Å²) < 4.78 is 3.83. The first-order valence-electron chi connectivity index (χ1n) is 26.3. The Hall–Kier alpha value is -6.55. The minimum absolute atomic E-state index is 0.00686. The van der Waals surface area contributed by atoms with Crippen molar-refractivity contribution in [1.29, 1.82) is 0 Å². The molecule has 0 atom stereocenters. The molecule has 4 nitrogen and oxygen atoms in total. The molecule has 0 fully saturated rings. The summed E-state index contributed by atoms with van der Waals surface area (Å²) in [4.78, 5) is 9.18. The topological polar surface area (TPSA) is 15.8 Å². The summed E-state index contributed by atoms with van der Waals surface area (Å²) in [6.45, 7) is 47.6. The quantitative estimate of drug-likeness (QED) is 0.129. The predicted molar refractivity (Wildman–Crippen MR) is 319 cm³/mol. The maximum atomic E-state index is 8.28. The minimum atomic E-state index is -0.111.